The number of likely N-dealkylation sites (tertiary alicyclic amines) is 1. The van der Waals surface area contributed by atoms with E-state index in [-0.39, 0.29) is 42.5 Å². The van der Waals surface area contributed by atoms with E-state index in [1.807, 2.05) is 6.92 Å². The van der Waals surface area contributed by atoms with Crippen molar-refractivity contribution in [2.45, 2.75) is 89.5 Å². The highest BCUT2D eigenvalue weighted by Gasteiger charge is 2.33. The van der Waals surface area contributed by atoms with E-state index in [1.54, 1.807) is 10.6 Å². The van der Waals surface area contributed by atoms with Gasteiger partial charge in [0.15, 0.2) is 5.58 Å². The summed E-state index contributed by atoms with van der Waals surface area (Å²) in [5.74, 6) is -0.833. The van der Waals surface area contributed by atoms with Crippen LogP contribution >= 0.6 is 0 Å². The molecule has 43 heavy (non-hydrogen) atoms. The molecule has 1 aromatic carbocycles. The Morgan fingerprint density at radius 1 is 1.09 bits per heavy atom. The fraction of sp³-hybridized carbons (Fsp3) is 0.548. The van der Waals surface area contributed by atoms with E-state index < -0.39 is 17.8 Å². The Morgan fingerprint density at radius 2 is 1.86 bits per heavy atom. The van der Waals surface area contributed by atoms with Crippen molar-refractivity contribution in [2.75, 3.05) is 19.6 Å². The zero-order valence-electron chi connectivity index (χ0n) is 24.3. The van der Waals surface area contributed by atoms with Crippen LogP contribution < -0.4 is 5.56 Å². The quantitative estimate of drug-likeness (QED) is 0.339. The summed E-state index contributed by atoms with van der Waals surface area (Å²) in [7, 11) is 0. The number of amides is 2. The summed E-state index contributed by atoms with van der Waals surface area (Å²) in [6.45, 7) is 5.05. The number of piperidine rings is 1. The van der Waals surface area contributed by atoms with E-state index in [0.29, 0.717) is 36.5 Å². The van der Waals surface area contributed by atoms with Gasteiger partial charge < -0.3 is 14.3 Å². The van der Waals surface area contributed by atoms with E-state index in [9.17, 15) is 23.6 Å². The lowest BCUT2D eigenvalue weighted by Gasteiger charge is -2.31. The van der Waals surface area contributed by atoms with Gasteiger partial charge in [0.05, 0.1) is 5.69 Å². The Labute approximate surface area is 247 Å². The first-order valence-corrected chi connectivity index (χ1v) is 15.2. The van der Waals surface area contributed by atoms with Gasteiger partial charge in [0, 0.05) is 66.9 Å². The van der Waals surface area contributed by atoms with Crippen molar-refractivity contribution in [1.82, 2.24) is 24.7 Å². The lowest BCUT2D eigenvalue weighted by Crippen LogP contribution is -2.37. The van der Waals surface area contributed by atoms with Gasteiger partial charge in [-0.2, -0.15) is 0 Å². The van der Waals surface area contributed by atoms with Crippen LogP contribution in [0.2, 0.25) is 0 Å². The summed E-state index contributed by atoms with van der Waals surface area (Å²) in [5, 5.41) is 5.69. The molecule has 0 N–H and O–H groups in total. The van der Waals surface area contributed by atoms with Crippen LogP contribution in [0.5, 0.6) is 0 Å². The molecule has 0 radical (unpaired) electrons. The predicted molar refractivity (Wildman–Crippen MR) is 152 cm³/mol. The third-order valence-electron chi connectivity index (χ3n) is 9.04. The highest BCUT2D eigenvalue weighted by Crippen LogP contribution is 2.33. The molecule has 3 aliphatic rings. The average molecular weight is 594 g/mol. The van der Waals surface area contributed by atoms with Crippen LogP contribution in [0.1, 0.15) is 92.4 Å². The molecular formula is C31H36FN5O6. The summed E-state index contributed by atoms with van der Waals surface area (Å²) in [4.78, 5) is 61.4. The molecule has 2 fully saturated rings. The van der Waals surface area contributed by atoms with E-state index >= 15 is 0 Å². The fourth-order valence-corrected chi connectivity index (χ4v) is 6.66. The molecule has 2 aromatic heterocycles. The predicted octanol–water partition coefficient (Wildman–Crippen LogP) is 3.91. The molecule has 0 saturated carbocycles. The summed E-state index contributed by atoms with van der Waals surface area (Å²) in [6.07, 6.45) is 5.58. The van der Waals surface area contributed by atoms with Crippen molar-refractivity contribution < 1.29 is 28.1 Å². The second-order valence-corrected chi connectivity index (χ2v) is 11.8. The zero-order chi connectivity index (χ0) is 30.1. The largest absolute Gasteiger partial charge is 0.356 e. The maximum atomic E-state index is 13.6. The van der Waals surface area contributed by atoms with Gasteiger partial charge in [0.2, 0.25) is 0 Å². The monoisotopic (exact) mass is 593 g/mol. The van der Waals surface area contributed by atoms with Gasteiger partial charge in [-0.15, -0.1) is 5.06 Å². The highest BCUT2D eigenvalue weighted by atomic mass is 19.1. The van der Waals surface area contributed by atoms with E-state index in [4.69, 9.17) is 14.3 Å². The highest BCUT2D eigenvalue weighted by molar-refractivity contribution is 6.01. The number of hydrogen-bond donors (Lipinski definition) is 0. The summed E-state index contributed by atoms with van der Waals surface area (Å²) >= 11 is 0. The van der Waals surface area contributed by atoms with Crippen LogP contribution in [0.25, 0.3) is 11.0 Å². The Balaban J connectivity index is 1.03. The number of hydrogen-bond acceptors (Lipinski definition) is 9. The fourth-order valence-electron chi connectivity index (χ4n) is 6.66. The van der Waals surface area contributed by atoms with Crippen molar-refractivity contribution in [3.63, 3.8) is 0 Å². The number of carbonyl (C=O) groups is 3. The van der Waals surface area contributed by atoms with Gasteiger partial charge in [0.25, 0.3) is 17.4 Å². The molecule has 12 heteroatoms. The number of hydroxylamine groups is 2. The second-order valence-electron chi connectivity index (χ2n) is 11.8. The van der Waals surface area contributed by atoms with Crippen molar-refractivity contribution in [1.29, 1.82) is 0 Å². The first-order valence-electron chi connectivity index (χ1n) is 15.2. The number of aromatic nitrogens is 3. The zero-order valence-corrected chi connectivity index (χ0v) is 24.3. The molecule has 5 heterocycles. The van der Waals surface area contributed by atoms with Crippen molar-refractivity contribution in [3.8, 4) is 0 Å². The molecule has 6 rings (SSSR count). The molecular weight excluding hydrogens is 557 g/mol. The normalized spacial score (nSPS) is 19.8. The molecule has 1 atom stereocenters. The molecule has 11 nitrogen and oxygen atoms in total. The molecule has 2 amide bonds. The number of imide groups is 1. The lowest BCUT2D eigenvalue weighted by atomic mass is 9.91. The lowest BCUT2D eigenvalue weighted by molar-refractivity contribution is -0.197. The van der Waals surface area contributed by atoms with Crippen LogP contribution in [0, 0.1) is 12.7 Å². The number of benzene rings is 1. The van der Waals surface area contributed by atoms with Crippen molar-refractivity contribution in [3.05, 3.63) is 57.1 Å². The van der Waals surface area contributed by atoms with Gasteiger partial charge in [0.1, 0.15) is 11.6 Å². The topological polar surface area (TPSA) is 128 Å². The molecule has 2 saturated heterocycles. The molecule has 0 aliphatic carbocycles. The molecule has 0 spiro atoms. The number of rotatable bonds is 9. The number of nitrogens with zero attached hydrogens (tertiary/aromatic N) is 5. The molecule has 3 aromatic rings. The smallest absolute Gasteiger partial charge is 0.333 e. The number of aryl methyl sites for hydroxylation is 1. The summed E-state index contributed by atoms with van der Waals surface area (Å²) < 4.78 is 20.7. The first kappa shape index (κ1) is 29.2. The van der Waals surface area contributed by atoms with Gasteiger partial charge >= 0.3 is 5.97 Å². The Kier molecular flexibility index (Phi) is 8.38. The van der Waals surface area contributed by atoms with Crippen molar-refractivity contribution in [2.24, 2.45) is 0 Å². The molecule has 228 valence electrons. The Bertz CT molecular complexity index is 1590. The minimum Gasteiger partial charge on any atom is -0.356 e. The molecule has 3 aliphatic heterocycles. The Morgan fingerprint density at radius 3 is 2.63 bits per heavy atom. The maximum absolute atomic E-state index is 13.6. The molecule has 0 bridgehead atoms. The average Bonchev–Trinajstić information content (AvgIpc) is 3.55. The number of fused-ring (bicyclic) bond motifs is 2. The standard InChI is InChI=1S/C31H36FN5O6/c1-19-23(13-17-35-15-11-20(12-16-35)29-24-8-7-22(32)18-25(24)42-34-29)31(41)36-14-3-5-21(30(36)33-19)4-2-6-28(40)43-37-26(38)9-10-27(37)39/h7-8,18,20-21H,2-6,9-17H2,1H3. The van der Waals surface area contributed by atoms with Crippen LogP contribution in [-0.2, 0) is 32.2 Å². The second kappa shape index (κ2) is 12.4. The van der Waals surface area contributed by atoms with E-state index in [2.05, 4.69) is 10.1 Å². The summed E-state index contributed by atoms with van der Waals surface area (Å²) in [5.41, 5.74) is 2.90. The molecule has 1 unspecified atom stereocenters. The van der Waals surface area contributed by atoms with E-state index in [1.165, 1.54) is 12.1 Å². The van der Waals surface area contributed by atoms with Crippen LogP contribution in [-0.4, -0.2) is 62.1 Å². The number of halogens is 1. The minimum absolute atomic E-state index is 0.0221. The maximum Gasteiger partial charge on any atom is 0.333 e. The van der Waals surface area contributed by atoms with Gasteiger partial charge in [-0.3, -0.25) is 19.0 Å². The SMILES string of the molecule is Cc1nc2n(c(=O)c1CCN1CCC(c3noc4cc(F)ccc34)CC1)CCCC2CCCC(=O)ON1C(=O)CCC1=O. The minimum atomic E-state index is -0.606. The van der Waals surface area contributed by atoms with E-state index in [0.717, 1.165) is 73.5 Å². The van der Waals surface area contributed by atoms with Crippen LogP contribution in [0.15, 0.2) is 27.5 Å². The first-order chi connectivity index (χ1) is 20.8. The van der Waals surface area contributed by atoms with Gasteiger partial charge in [-0.1, -0.05) is 5.16 Å². The van der Waals surface area contributed by atoms with Crippen molar-refractivity contribution >= 4 is 28.8 Å². The summed E-state index contributed by atoms with van der Waals surface area (Å²) in [6, 6.07) is 4.55. The number of carbonyl (C=O) groups excluding carboxylic acids is 3. The third-order valence-corrected chi connectivity index (χ3v) is 9.04. The van der Waals surface area contributed by atoms with Crippen LogP contribution in [0.3, 0.4) is 0 Å². The van der Waals surface area contributed by atoms with Crippen LogP contribution in [0.4, 0.5) is 4.39 Å². The third kappa shape index (κ3) is 6.11. The Hall–Kier alpha value is -3.93. The van der Waals surface area contributed by atoms with Gasteiger partial charge in [-0.05, 0) is 77.1 Å². The van der Waals surface area contributed by atoms with Gasteiger partial charge in [-0.25, -0.2) is 14.2 Å².